The van der Waals surface area contributed by atoms with Crippen LogP contribution in [0.2, 0.25) is 0 Å². The van der Waals surface area contributed by atoms with E-state index in [9.17, 15) is 0 Å². The fourth-order valence-electron chi connectivity index (χ4n) is 2.77. The summed E-state index contributed by atoms with van der Waals surface area (Å²) in [5, 5.41) is 3.38. The lowest BCUT2D eigenvalue weighted by Gasteiger charge is -2.32. The Morgan fingerprint density at radius 1 is 1.16 bits per heavy atom. The van der Waals surface area contributed by atoms with Crippen LogP contribution in [-0.4, -0.2) is 34.1 Å². The van der Waals surface area contributed by atoms with E-state index in [0.29, 0.717) is 23.9 Å². The van der Waals surface area contributed by atoms with E-state index in [4.69, 9.17) is 5.73 Å². The van der Waals surface area contributed by atoms with Crippen molar-refractivity contribution >= 4 is 17.8 Å². The summed E-state index contributed by atoms with van der Waals surface area (Å²) < 4.78 is 0. The van der Waals surface area contributed by atoms with Gasteiger partial charge in [0.25, 0.3) is 0 Å². The second-order valence-electron chi connectivity index (χ2n) is 5.64. The van der Waals surface area contributed by atoms with Gasteiger partial charge in [-0.25, -0.2) is 0 Å². The van der Waals surface area contributed by atoms with Crippen LogP contribution in [0.25, 0.3) is 0 Å². The van der Waals surface area contributed by atoms with Crippen molar-refractivity contribution in [3.05, 3.63) is 0 Å². The molecular formula is C13H22N6. The average Bonchev–Trinajstić information content (AvgIpc) is 2.78. The second-order valence-corrected chi connectivity index (χ2v) is 5.64. The Bertz CT molecular complexity index is 439. The SMILES string of the molecule is CC(Nc1nc(N)nc(N2CCCC2)n1)C1CCC1. The molecule has 0 amide bonds. The molecule has 1 saturated carbocycles. The molecule has 1 aromatic rings. The molecule has 6 nitrogen and oxygen atoms in total. The van der Waals surface area contributed by atoms with Gasteiger partial charge in [-0.3, -0.25) is 0 Å². The summed E-state index contributed by atoms with van der Waals surface area (Å²) >= 11 is 0. The first-order chi connectivity index (χ1) is 9.22. The third-order valence-electron chi connectivity index (χ3n) is 4.24. The summed E-state index contributed by atoms with van der Waals surface area (Å²) in [5.74, 6) is 2.38. The molecule has 0 bridgehead atoms. The molecular weight excluding hydrogens is 240 g/mol. The van der Waals surface area contributed by atoms with E-state index >= 15 is 0 Å². The fraction of sp³-hybridized carbons (Fsp3) is 0.769. The number of rotatable bonds is 4. The Balaban J connectivity index is 1.73. The van der Waals surface area contributed by atoms with Gasteiger partial charge in [0.05, 0.1) is 0 Å². The van der Waals surface area contributed by atoms with Crippen LogP contribution < -0.4 is 16.0 Å². The van der Waals surface area contributed by atoms with Gasteiger partial charge in [-0.1, -0.05) is 6.42 Å². The van der Waals surface area contributed by atoms with Gasteiger partial charge in [-0.2, -0.15) is 15.0 Å². The molecule has 1 aromatic heterocycles. The van der Waals surface area contributed by atoms with E-state index in [1.807, 2.05) is 0 Å². The van der Waals surface area contributed by atoms with Gasteiger partial charge < -0.3 is 16.0 Å². The summed E-state index contributed by atoms with van der Waals surface area (Å²) in [6.07, 6.45) is 6.34. The minimum Gasteiger partial charge on any atom is -0.368 e. The molecule has 3 N–H and O–H groups in total. The number of nitrogens with one attached hydrogen (secondary N) is 1. The minimum absolute atomic E-state index is 0.306. The molecule has 0 radical (unpaired) electrons. The standard InChI is InChI=1S/C13H22N6/c1-9(10-5-4-6-10)15-12-16-11(14)17-13(18-12)19-7-2-3-8-19/h9-10H,2-8H2,1H3,(H3,14,15,16,17,18). The number of hydrogen-bond donors (Lipinski definition) is 2. The molecule has 1 unspecified atom stereocenters. The van der Waals surface area contributed by atoms with E-state index in [1.165, 1.54) is 32.1 Å². The van der Waals surface area contributed by atoms with Gasteiger partial charge in [0.1, 0.15) is 0 Å². The van der Waals surface area contributed by atoms with E-state index < -0.39 is 0 Å². The topological polar surface area (TPSA) is 80.0 Å². The first-order valence-corrected chi connectivity index (χ1v) is 7.25. The molecule has 1 aliphatic heterocycles. The molecule has 2 aliphatic rings. The molecule has 2 heterocycles. The Labute approximate surface area is 113 Å². The Kier molecular flexibility index (Phi) is 3.40. The first-order valence-electron chi connectivity index (χ1n) is 7.25. The maximum absolute atomic E-state index is 5.80. The van der Waals surface area contributed by atoms with Gasteiger partial charge in [-0.05, 0) is 38.5 Å². The quantitative estimate of drug-likeness (QED) is 0.859. The average molecular weight is 262 g/mol. The molecule has 1 atom stereocenters. The van der Waals surface area contributed by atoms with Crippen LogP contribution in [0.15, 0.2) is 0 Å². The molecule has 0 aromatic carbocycles. The van der Waals surface area contributed by atoms with Crippen LogP contribution >= 0.6 is 0 Å². The third-order valence-corrected chi connectivity index (χ3v) is 4.24. The molecule has 0 spiro atoms. The zero-order chi connectivity index (χ0) is 13.2. The zero-order valence-corrected chi connectivity index (χ0v) is 11.5. The summed E-state index contributed by atoms with van der Waals surface area (Å²) in [7, 11) is 0. The van der Waals surface area contributed by atoms with Crippen molar-refractivity contribution in [1.82, 2.24) is 15.0 Å². The van der Waals surface area contributed by atoms with Crippen molar-refractivity contribution in [1.29, 1.82) is 0 Å². The Morgan fingerprint density at radius 2 is 1.89 bits per heavy atom. The highest BCUT2D eigenvalue weighted by Gasteiger charge is 2.25. The van der Waals surface area contributed by atoms with Crippen LogP contribution in [0.4, 0.5) is 17.8 Å². The Morgan fingerprint density at radius 3 is 2.53 bits per heavy atom. The highest BCUT2D eigenvalue weighted by molar-refractivity contribution is 5.42. The van der Waals surface area contributed by atoms with Crippen molar-refractivity contribution in [2.75, 3.05) is 29.0 Å². The number of nitrogens with zero attached hydrogens (tertiary/aromatic N) is 4. The van der Waals surface area contributed by atoms with Gasteiger partial charge in [-0.15, -0.1) is 0 Å². The highest BCUT2D eigenvalue weighted by Crippen LogP contribution is 2.30. The molecule has 1 saturated heterocycles. The smallest absolute Gasteiger partial charge is 0.231 e. The number of nitrogens with two attached hydrogens (primary N) is 1. The van der Waals surface area contributed by atoms with E-state index in [0.717, 1.165) is 19.0 Å². The van der Waals surface area contributed by atoms with Crippen molar-refractivity contribution in [2.45, 2.75) is 45.1 Å². The largest absolute Gasteiger partial charge is 0.368 e. The van der Waals surface area contributed by atoms with Crippen LogP contribution in [0.1, 0.15) is 39.0 Å². The first kappa shape index (κ1) is 12.4. The normalized spacial score (nSPS) is 21.2. The lowest BCUT2D eigenvalue weighted by atomic mass is 9.80. The van der Waals surface area contributed by atoms with Gasteiger partial charge in [0.15, 0.2) is 0 Å². The molecule has 6 heteroatoms. The molecule has 2 fully saturated rings. The fourth-order valence-corrected chi connectivity index (χ4v) is 2.77. The monoisotopic (exact) mass is 262 g/mol. The summed E-state index contributed by atoms with van der Waals surface area (Å²) in [4.78, 5) is 15.1. The number of hydrogen-bond acceptors (Lipinski definition) is 6. The zero-order valence-electron chi connectivity index (χ0n) is 11.5. The van der Waals surface area contributed by atoms with Crippen LogP contribution in [-0.2, 0) is 0 Å². The number of anilines is 3. The Hall–Kier alpha value is -1.59. The van der Waals surface area contributed by atoms with Crippen molar-refractivity contribution in [2.24, 2.45) is 5.92 Å². The van der Waals surface area contributed by atoms with Gasteiger partial charge in [0, 0.05) is 19.1 Å². The van der Waals surface area contributed by atoms with Crippen LogP contribution in [0.5, 0.6) is 0 Å². The van der Waals surface area contributed by atoms with Crippen LogP contribution in [0.3, 0.4) is 0 Å². The van der Waals surface area contributed by atoms with Gasteiger partial charge in [0.2, 0.25) is 17.8 Å². The maximum atomic E-state index is 5.80. The molecule has 104 valence electrons. The minimum atomic E-state index is 0.306. The van der Waals surface area contributed by atoms with Crippen molar-refractivity contribution in [3.63, 3.8) is 0 Å². The van der Waals surface area contributed by atoms with Gasteiger partial charge >= 0.3 is 0 Å². The molecule has 19 heavy (non-hydrogen) atoms. The summed E-state index contributed by atoms with van der Waals surface area (Å²) in [5.41, 5.74) is 5.80. The predicted molar refractivity (Wildman–Crippen MR) is 76.1 cm³/mol. The second kappa shape index (κ2) is 5.19. The third kappa shape index (κ3) is 2.72. The van der Waals surface area contributed by atoms with E-state index in [-0.39, 0.29) is 0 Å². The number of nitrogen functional groups attached to an aromatic ring is 1. The van der Waals surface area contributed by atoms with Crippen LogP contribution in [0, 0.1) is 5.92 Å². The summed E-state index contributed by atoms with van der Waals surface area (Å²) in [6.45, 7) is 4.22. The van der Waals surface area contributed by atoms with E-state index in [2.05, 4.69) is 32.1 Å². The molecule has 1 aliphatic carbocycles. The lowest BCUT2D eigenvalue weighted by Crippen LogP contribution is -2.32. The molecule has 3 rings (SSSR count). The van der Waals surface area contributed by atoms with Crippen molar-refractivity contribution in [3.8, 4) is 0 Å². The maximum Gasteiger partial charge on any atom is 0.231 e. The highest BCUT2D eigenvalue weighted by atomic mass is 15.3. The number of aromatic nitrogens is 3. The summed E-state index contributed by atoms with van der Waals surface area (Å²) in [6, 6.07) is 0.405. The van der Waals surface area contributed by atoms with E-state index in [1.54, 1.807) is 0 Å². The lowest BCUT2D eigenvalue weighted by molar-refractivity contribution is 0.284. The van der Waals surface area contributed by atoms with Crippen molar-refractivity contribution < 1.29 is 0 Å². The predicted octanol–water partition coefficient (Wildman–Crippen LogP) is 1.65.